The van der Waals surface area contributed by atoms with E-state index < -0.39 is 5.97 Å². The van der Waals surface area contributed by atoms with Crippen LogP contribution in [0.4, 0.5) is 5.13 Å². The highest BCUT2D eigenvalue weighted by molar-refractivity contribution is 7.22. The van der Waals surface area contributed by atoms with Gasteiger partial charge in [-0.15, -0.1) is 0 Å². The second-order valence-corrected chi connectivity index (χ2v) is 7.54. The van der Waals surface area contributed by atoms with Gasteiger partial charge in [-0.1, -0.05) is 47.7 Å². The molecule has 0 saturated carbocycles. The molecular weight excluding hydrogens is 396 g/mol. The highest BCUT2D eigenvalue weighted by Gasteiger charge is 2.10. The Morgan fingerprint density at radius 3 is 2.73 bits per heavy atom. The number of hydrazone groups is 1. The van der Waals surface area contributed by atoms with Crippen LogP contribution in [-0.4, -0.2) is 28.3 Å². The molecule has 0 saturated heterocycles. The number of thiazole rings is 1. The van der Waals surface area contributed by atoms with Crippen LogP contribution in [0, 0.1) is 0 Å². The van der Waals surface area contributed by atoms with Crippen LogP contribution in [-0.2, 0) is 4.74 Å². The minimum Gasteiger partial charge on any atom is -0.461 e. The molecule has 4 aromatic rings. The largest absolute Gasteiger partial charge is 0.461 e. The maximum atomic E-state index is 12.0. The predicted octanol–water partition coefficient (Wildman–Crippen LogP) is 5.37. The zero-order valence-corrected chi connectivity index (χ0v) is 17.4. The maximum absolute atomic E-state index is 12.0. The zero-order chi connectivity index (χ0) is 20.9. The first-order chi connectivity index (χ1) is 14.6. The molecule has 2 heterocycles. The minimum absolute atomic E-state index is 0.294. The molecule has 0 spiro atoms. The number of rotatable bonds is 6. The summed E-state index contributed by atoms with van der Waals surface area (Å²) in [7, 11) is 0. The molecular formula is C23H20N4O2S. The fraction of sp³-hybridized carbons (Fsp3) is 0.130. The van der Waals surface area contributed by atoms with Gasteiger partial charge in [0.25, 0.3) is 0 Å². The van der Waals surface area contributed by atoms with Gasteiger partial charge in [-0.2, -0.15) is 5.10 Å². The molecule has 0 aliphatic rings. The summed E-state index contributed by atoms with van der Waals surface area (Å²) >= 11 is 1.56. The number of hydrogen-bond acceptors (Lipinski definition) is 7. The quantitative estimate of drug-likeness (QED) is 0.260. The molecule has 0 fully saturated rings. The fourth-order valence-electron chi connectivity index (χ4n) is 2.93. The summed E-state index contributed by atoms with van der Waals surface area (Å²) in [5.74, 6) is -0.423. The number of fused-ring (bicyclic) bond motifs is 1. The summed E-state index contributed by atoms with van der Waals surface area (Å²) in [5, 5.41) is 5.23. The Balaban J connectivity index is 1.56. The molecule has 0 radical (unpaired) electrons. The second kappa shape index (κ2) is 8.84. The lowest BCUT2D eigenvalue weighted by Crippen LogP contribution is -2.07. The number of pyridine rings is 1. The Morgan fingerprint density at radius 2 is 1.90 bits per heavy atom. The molecule has 2 aromatic heterocycles. The van der Waals surface area contributed by atoms with Gasteiger partial charge in [-0.05, 0) is 49.7 Å². The van der Waals surface area contributed by atoms with Crippen molar-refractivity contribution in [2.24, 2.45) is 5.10 Å². The molecule has 7 heteroatoms. The third-order valence-corrected chi connectivity index (χ3v) is 5.36. The van der Waals surface area contributed by atoms with Gasteiger partial charge < -0.3 is 4.74 Å². The molecule has 0 aliphatic carbocycles. The van der Waals surface area contributed by atoms with E-state index in [1.165, 1.54) is 0 Å². The number of aromatic nitrogens is 2. The van der Waals surface area contributed by atoms with Crippen LogP contribution in [0.15, 0.2) is 71.8 Å². The van der Waals surface area contributed by atoms with Gasteiger partial charge in [0, 0.05) is 5.56 Å². The van der Waals surface area contributed by atoms with Gasteiger partial charge in [-0.25, -0.2) is 14.8 Å². The number of ether oxygens (including phenoxy) is 1. The number of nitrogens with zero attached hydrogens (tertiary/aromatic N) is 3. The van der Waals surface area contributed by atoms with Gasteiger partial charge in [0.05, 0.1) is 28.2 Å². The van der Waals surface area contributed by atoms with E-state index in [-0.39, 0.29) is 0 Å². The van der Waals surface area contributed by atoms with Crippen LogP contribution in [0.25, 0.3) is 21.5 Å². The third kappa shape index (κ3) is 4.36. The van der Waals surface area contributed by atoms with Crippen molar-refractivity contribution in [3.63, 3.8) is 0 Å². The lowest BCUT2D eigenvalue weighted by molar-refractivity contribution is 0.0519. The van der Waals surface area contributed by atoms with Gasteiger partial charge in [0.1, 0.15) is 5.69 Å². The molecule has 0 aliphatic heterocycles. The van der Waals surface area contributed by atoms with Crippen LogP contribution in [0.3, 0.4) is 0 Å². The molecule has 6 nitrogen and oxygen atoms in total. The van der Waals surface area contributed by atoms with Crippen LogP contribution in [0.5, 0.6) is 0 Å². The van der Waals surface area contributed by atoms with Gasteiger partial charge in [0.15, 0.2) is 0 Å². The zero-order valence-electron chi connectivity index (χ0n) is 16.6. The molecule has 150 valence electrons. The van der Waals surface area contributed by atoms with E-state index in [4.69, 9.17) is 4.74 Å². The SMILES string of the molecule is CCOC(=O)c1cccc(-c2cccc(C(C)=NNc3nc4ccccc4s3)c2)n1. The molecule has 4 rings (SSSR count). The number of hydrogen-bond donors (Lipinski definition) is 1. The minimum atomic E-state index is -0.423. The summed E-state index contributed by atoms with van der Waals surface area (Å²) in [5.41, 5.74) is 7.66. The monoisotopic (exact) mass is 416 g/mol. The molecule has 0 bridgehead atoms. The smallest absolute Gasteiger partial charge is 0.356 e. The van der Waals surface area contributed by atoms with Gasteiger partial charge >= 0.3 is 5.97 Å². The van der Waals surface area contributed by atoms with Crippen LogP contribution in [0.2, 0.25) is 0 Å². The normalized spacial score (nSPS) is 11.5. The third-order valence-electron chi connectivity index (χ3n) is 4.42. The molecule has 0 atom stereocenters. The van der Waals surface area contributed by atoms with E-state index in [2.05, 4.69) is 20.5 Å². The Labute approximate surface area is 178 Å². The Kier molecular flexibility index (Phi) is 5.81. The van der Waals surface area contributed by atoms with Crippen LogP contribution >= 0.6 is 11.3 Å². The van der Waals surface area contributed by atoms with Crippen molar-refractivity contribution < 1.29 is 9.53 Å². The number of carbonyl (C=O) groups is 1. The first-order valence-electron chi connectivity index (χ1n) is 9.55. The maximum Gasteiger partial charge on any atom is 0.356 e. The first-order valence-corrected chi connectivity index (χ1v) is 10.4. The van der Waals surface area contributed by atoms with Gasteiger partial charge in [0.2, 0.25) is 5.13 Å². The van der Waals surface area contributed by atoms with E-state index in [1.807, 2.05) is 61.5 Å². The van der Waals surface area contributed by atoms with Crippen molar-refractivity contribution in [3.8, 4) is 11.3 Å². The topological polar surface area (TPSA) is 76.5 Å². The Morgan fingerprint density at radius 1 is 1.07 bits per heavy atom. The number of para-hydroxylation sites is 1. The number of anilines is 1. The predicted molar refractivity (Wildman–Crippen MR) is 121 cm³/mol. The molecule has 30 heavy (non-hydrogen) atoms. The fourth-order valence-corrected chi connectivity index (χ4v) is 3.74. The second-order valence-electron chi connectivity index (χ2n) is 6.51. The highest BCUT2D eigenvalue weighted by Crippen LogP contribution is 2.25. The molecule has 0 unspecified atom stereocenters. The highest BCUT2D eigenvalue weighted by atomic mass is 32.1. The summed E-state index contributed by atoms with van der Waals surface area (Å²) in [6.45, 7) is 4.02. The average Bonchev–Trinajstić information content (AvgIpc) is 3.21. The molecule has 0 amide bonds. The lowest BCUT2D eigenvalue weighted by Gasteiger charge is -2.07. The number of carbonyl (C=O) groups excluding carboxylic acids is 1. The lowest BCUT2D eigenvalue weighted by atomic mass is 10.0. The van der Waals surface area contributed by atoms with E-state index in [1.54, 1.807) is 30.4 Å². The van der Waals surface area contributed by atoms with E-state index >= 15 is 0 Å². The number of benzene rings is 2. The van der Waals surface area contributed by atoms with Crippen molar-refractivity contribution in [2.45, 2.75) is 13.8 Å². The summed E-state index contributed by atoms with van der Waals surface area (Å²) in [6.07, 6.45) is 0. The van der Waals surface area contributed by atoms with Crippen LogP contribution < -0.4 is 5.43 Å². The number of nitrogens with one attached hydrogen (secondary N) is 1. The Hall–Kier alpha value is -3.58. The van der Waals surface area contributed by atoms with Crippen molar-refractivity contribution in [1.29, 1.82) is 0 Å². The number of esters is 1. The first kappa shape index (κ1) is 19.7. The van der Waals surface area contributed by atoms with Crippen molar-refractivity contribution in [2.75, 3.05) is 12.0 Å². The Bertz CT molecular complexity index is 1200. The van der Waals surface area contributed by atoms with Crippen molar-refractivity contribution in [3.05, 3.63) is 78.0 Å². The van der Waals surface area contributed by atoms with Crippen molar-refractivity contribution >= 4 is 38.4 Å². The standard InChI is InChI=1S/C23H20N4O2S/c1-3-29-22(28)20-12-7-11-18(24-20)17-9-6-8-16(14-17)15(2)26-27-23-25-19-10-4-5-13-21(19)30-23/h4-14H,3H2,1-2H3,(H,25,27). The van der Waals surface area contributed by atoms with E-state index in [0.717, 1.165) is 32.2 Å². The van der Waals surface area contributed by atoms with E-state index in [9.17, 15) is 4.79 Å². The van der Waals surface area contributed by atoms with Gasteiger partial charge in [-0.3, -0.25) is 5.43 Å². The summed E-state index contributed by atoms with van der Waals surface area (Å²) in [4.78, 5) is 20.9. The van der Waals surface area contributed by atoms with Crippen molar-refractivity contribution in [1.82, 2.24) is 9.97 Å². The molecule has 2 aromatic carbocycles. The van der Waals surface area contributed by atoms with E-state index in [0.29, 0.717) is 18.0 Å². The summed E-state index contributed by atoms with van der Waals surface area (Å²) in [6, 6.07) is 21.2. The van der Waals surface area contributed by atoms with Crippen LogP contribution in [0.1, 0.15) is 29.9 Å². The molecule has 1 N–H and O–H groups in total. The summed E-state index contributed by atoms with van der Waals surface area (Å²) < 4.78 is 6.16. The average molecular weight is 417 g/mol.